The second-order valence-electron chi connectivity index (χ2n) is 5.25. The van der Waals surface area contributed by atoms with Crippen LogP contribution in [0.3, 0.4) is 0 Å². The van der Waals surface area contributed by atoms with Gasteiger partial charge < -0.3 is 10.6 Å². The van der Waals surface area contributed by atoms with Gasteiger partial charge in [0.15, 0.2) is 0 Å². The van der Waals surface area contributed by atoms with Crippen LogP contribution in [0, 0.1) is 5.82 Å². The number of amides is 1. The minimum Gasteiger partial charge on any atom is -0.324 e. The van der Waals surface area contributed by atoms with Gasteiger partial charge in [-0.25, -0.2) is 4.39 Å². The first-order valence-electron chi connectivity index (χ1n) is 7.09. The van der Waals surface area contributed by atoms with Crippen LogP contribution in [-0.2, 0) is 17.8 Å². The number of halogens is 1. The van der Waals surface area contributed by atoms with Gasteiger partial charge in [0.2, 0.25) is 5.91 Å². The Balaban J connectivity index is 1.64. The van der Waals surface area contributed by atoms with Gasteiger partial charge in [0.05, 0.1) is 6.04 Å². The van der Waals surface area contributed by atoms with Gasteiger partial charge in [-0.1, -0.05) is 30.3 Å². The Labute approximate surface area is 123 Å². The molecule has 1 unspecified atom stereocenters. The average molecular weight is 284 g/mol. The zero-order chi connectivity index (χ0) is 14.7. The summed E-state index contributed by atoms with van der Waals surface area (Å²) in [6.45, 7) is 0.550. The average Bonchev–Trinajstić information content (AvgIpc) is 2.65. The Hall–Kier alpha value is -2.20. The Morgan fingerprint density at radius 2 is 1.90 bits per heavy atom. The normalized spacial score (nSPS) is 17.8. The number of benzene rings is 2. The first-order valence-corrected chi connectivity index (χ1v) is 7.09. The van der Waals surface area contributed by atoms with Crippen molar-refractivity contribution < 1.29 is 9.18 Å². The van der Waals surface area contributed by atoms with Crippen LogP contribution in [0.15, 0.2) is 48.5 Å². The molecule has 1 atom stereocenters. The maximum atomic E-state index is 12.9. The lowest BCUT2D eigenvalue weighted by Crippen LogP contribution is -2.39. The lowest BCUT2D eigenvalue weighted by Gasteiger charge is -2.15. The topological polar surface area (TPSA) is 41.1 Å². The van der Waals surface area contributed by atoms with E-state index in [0.717, 1.165) is 29.7 Å². The molecule has 1 aliphatic rings. The summed E-state index contributed by atoms with van der Waals surface area (Å²) >= 11 is 0. The van der Waals surface area contributed by atoms with E-state index in [4.69, 9.17) is 0 Å². The number of hydrogen-bond acceptors (Lipinski definition) is 2. The number of carbonyl (C=O) groups is 1. The predicted octanol–water partition coefficient (Wildman–Crippen LogP) is 2.87. The molecular weight excluding hydrogens is 267 g/mol. The van der Waals surface area contributed by atoms with E-state index in [1.54, 1.807) is 12.1 Å². The molecule has 0 fully saturated rings. The van der Waals surface area contributed by atoms with Crippen LogP contribution in [0.1, 0.15) is 17.5 Å². The van der Waals surface area contributed by atoms with E-state index in [1.807, 2.05) is 24.3 Å². The molecule has 4 heteroatoms. The highest BCUT2D eigenvalue weighted by molar-refractivity contribution is 5.96. The summed E-state index contributed by atoms with van der Waals surface area (Å²) in [5, 5.41) is 6.20. The quantitative estimate of drug-likeness (QED) is 0.910. The number of para-hydroxylation sites is 1. The predicted molar refractivity (Wildman–Crippen MR) is 80.4 cm³/mol. The van der Waals surface area contributed by atoms with E-state index < -0.39 is 0 Å². The summed E-state index contributed by atoms with van der Waals surface area (Å²) in [6, 6.07) is 14.0. The molecule has 2 N–H and O–H groups in total. The van der Waals surface area contributed by atoms with E-state index in [9.17, 15) is 9.18 Å². The number of anilines is 1. The maximum absolute atomic E-state index is 12.9. The molecule has 108 valence electrons. The van der Waals surface area contributed by atoms with E-state index in [0.29, 0.717) is 6.54 Å². The summed E-state index contributed by atoms with van der Waals surface area (Å²) in [5.41, 5.74) is 3.02. The van der Waals surface area contributed by atoms with E-state index >= 15 is 0 Å². The highest BCUT2D eigenvalue weighted by atomic mass is 19.1. The molecule has 3 rings (SSSR count). The maximum Gasteiger partial charge on any atom is 0.241 e. The highest BCUT2D eigenvalue weighted by Gasteiger charge is 2.22. The Bertz CT molecular complexity index is 639. The van der Waals surface area contributed by atoms with Gasteiger partial charge in [-0.3, -0.25) is 4.79 Å². The van der Waals surface area contributed by atoms with Crippen molar-refractivity contribution in [2.24, 2.45) is 0 Å². The van der Waals surface area contributed by atoms with Crippen molar-refractivity contribution >= 4 is 11.6 Å². The van der Waals surface area contributed by atoms with Gasteiger partial charge in [0.1, 0.15) is 5.82 Å². The lowest BCUT2D eigenvalue weighted by atomic mass is 10.1. The van der Waals surface area contributed by atoms with Gasteiger partial charge >= 0.3 is 0 Å². The van der Waals surface area contributed by atoms with Crippen LogP contribution in [-0.4, -0.2) is 11.9 Å². The second-order valence-corrected chi connectivity index (χ2v) is 5.25. The van der Waals surface area contributed by atoms with Crippen molar-refractivity contribution in [2.45, 2.75) is 25.4 Å². The van der Waals surface area contributed by atoms with E-state index in [-0.39, 0.29) is 17.8 Å². The van der Waals surface area contributed by atoms with Crippen LogP contribution in [0.4, 0.5) is 10.1 Å². The Morgan fingerprint density at radius 1 is 1.14 bits per heavy atom. The van der Waals surface area contributed by atoms with Crippen molar-refractivity contribution in [1.29, 1.82) is 0 Å². The summed E-state index contributed by atoms with van der Waals surface area (Å²) in [5.74, 6) is -0.261. The molecule has 1 aliphatic heterocycles. The first kappa shape index (κ1) is 13.8. The van der Waals surface area contributed by atoms with Crippen molar-refractivity contribution in [3.8, 4) is 0 Å². The molecular formula is C17H17FN2O. The SMILES string of the molecule is O=C1Nc2ccccc2CCC1NCc1ccc(F)cc1. The number of fused-ring (bicyclic) bond motifs is 1. The van der Waals surface area contributed by atoms with Crippen molar-refractivity contribution in [3.05, 3.63) is 65.5 Å². The van der Waals surface area contributed by atoms with Gasteiger partial charge in [0.25, 0.3) is 0 Å². The van der Waals surface area contributed by atoms with Crippen LogP contribution in [0.5, 0.6) is 0 Å². The fraction of sp³-hybridized carbons (Fsp3) is 0.235. The Kier molecular flexibility index (Phi) is 3.97. The first-order chi connectivity index (χ1) is 10.2. The van der Waals surface area contributed by atoms with Crippen LogP contribution in [0.25, 0.3) is 0 Å². The largest absolute Gasteiger partial charge is 0.324 e. The molecule has 1 heterocycles. The molecule has 0 aliphatic carbocycles. The van der Waals surface area contributed by atoms with Crippen molar-refractivity contribution in [2.75, 3.05) is 5.32 Å². The van der Waals surface area contributed by atoms with Crippen molar-refractivity contribution in [1.82, 2.24) is 5.32 Å². The third-order valence-electron chi connectivity index (χ3n) is 3.76. The fourth-order valence-corrected chi connectivity index (χ4v) is 2.55. The molecule has 0 bridgehead atoms. The fourth-order valence-electron chi connectivity index (χ4n) is 2.55. The van der Waals surface area contributed by atoms with Crippen LogP contribution >= 0.6 is 0 Å². The minimum atomic E-state index is -0.249. The molecule has 0 saturated carbocycles. The summed E-state index contributed by atoms with van der Waals surface area (Å²) in [4.78, 5) is 12.2. The standard InChI is InChI=1S/C17H17FN2O/c18-14-8-5-12(6-9-14)11-19-16-10-7-13-3-1-2-4-15(13)20-17(16)21/h1-6,8-9,16,19H,7,10-11H2,(H,20,21). The second kappa shape index (κ2) is 6.06. The third kappa shape index (κ3) is 3.28. The number of hydrogen-bond donors (Lipinski definition) is 2. The smallest absolute Gasteiger partial charge is 0.241 e. The molecule has 21 heavy (non-hydrogen) atoms. The number of nitrogens with one attached hydrogen (secondary N) is 2. The molecule has 0 saturated heterocycles. The van der Waals surface area contributed by atoms with Crippen LogP contribution < -0.4 is 10.6 Å². The minimum absolute atomic E-state index is 0.0120. The number of rotatable bonds is 3. The van der Waals surface area contributed by atoms with Gasteiger partial charge in [0, 0.05) is 12.2 Å². The van der Waals surface area contributed by atoms with Gasteiger partial charge in [-0.05, 0) is 42.2 Å². The highest BCUT2D eigenvalue weighted by Crippen LogP contribution is 2.21. The molecule has 3 nitrogen and oxygen atoms in total. The third-order valence-corrected chi connectivity index (χ3v) is 3.76. The molecule has 0 aromatic heterocycles. The van der Waals surface area contributed by atoms with E-state index in [2.05, 4.69) is 10.6 Å². The van der Waals surface area contributed by atoms with Crippen molar-refractivity contribution in [3.63, 3.8) is 0 Å². The summed E-state index contributed by atoms with van der Waals surface area (Å²) in [7, 11) is 0. The number of carbonyl (C=O) groups excluding carboxylic acids is 1. The monoisotopic (exact) mass is 284 g/mol. The molecule has 1 amide bonds. The van der Waals surface area contributed by atoms with Gasteiger partial charge in [-0.2, -0.15) is 0 Å². The Morgan fingerprint density at radius 3 is 2.71 bits per heavy atom. The van der Waals surface area contributed by atoms with Crippen LogP contribution in [0.2, 0.25) is 0 Å². The summed E-state index contributed by atoms with van der Waals surface area (Å²) in [6.07, 6.45) is 1.61. The van der Waals surface area contributed by atoms with Gasteiger partial charge in [-0.15, -0.1) is 0 Å². The molecule has 2 aromatic carbocycles. The zero-order valence-corrected chi connectivity index (χ0v) is 11.6. The molecule has 0 spiro atoms. The molecule has 0 radical (unpaired) electrons. The zero-order valence-electron chi connectivity index (χ0n) is 11.6. The summed E-state index contributed by atoms with van der Waals surface area (Å²) < 4.78 is 12.9. The number of aryl methyl sites for hydroxylation is 1. The molecule has 2 aromatic rings. The van der Waals surface area contributed by atoms with E-state index in [1.165, 1.54) is 12.1 Å². The lowest BCUT2D eigenvalue weighted by molar-refractivity contribution is -0.118.